The predicted molar refractivity (Wildman–Crippen MR) is 87.0 cm³/mol. The minimum absolute atomic E-state index is 0.475. The van der Waals surface area contributed by atoms with Gasteiger partial charge in [0.05, 0.1) is 11.7 Å². The van der Waals surface area contributed by atoms with Gasteiger partial charge in [-0.25, -0.2) is 0 Å². The molecule has 0 fully saturated rings. The zero-order valence-electron chi connectivity index (χ0n) is 13.1. The van der Waals surface area contributed by atoms with Crippen molar-refractivity contribution in [1.29, 1.82) is 0 Å². The molecule has 0 amide bonds. The van der Waals surface area contributed by atoms with Crippen LogP contribution in [0.2, 0.25) is 0 Å². The average Bonchev–Trinajstić information content (AvgIpc) is 2.41. The number of nitrogens with zero attached hydrogens (tertiary/aromatic N) is 1. The molecule has 0 saturated heterocycles. The Morgan fingerprint density at radius 2 is 1.50 bits per heavy atom. The molecule has 1 aliphatic heterocycles. The van der Waals surface area contributed by atoms with Crippen molar-refractivity contribution in [1.82, 2.24) is 0 Å². The molecule has 20 heavy (non-hydrogen) atoms. The first-order valence-electron chi connectivity index (χ1n) is 7.50. The first-order valence-corrected chi connectivity index (χ1v) is 7.50. The van der Waals surface area contributed by atoms with Gasteiger partial charge in [0, 0.05) is 5.69 Å². The first-order chi connectivity index (χ1) is 9.52. The van der Waals surface area contributed by atoms with Gasteiger partial charge in [0.2, 0.25) is 0 Å². The van der Waals surface area contributed by atoms with Gasteiger partial charge in [0.15, 0.2) is 0 Å². The molecule has 1 unspecified atom stereocenters. The number of hydrogen-bond acceptors (Lipinski definition) is 1. The maximum atomic E-state index is 2.52. The van der Waals surface area contributed by atoms with Gasteiger partial charge in [-0.3, -0.25) is 0 Å². The number of fused-ring (bicyclic) bond motifs is 1. The van der Waals surface area contributed by atoms with Crippen LogP contribution in [0.3, 0.4) is 0 Å². The molecular weight excluding hydrogens is 242 g/mol. The van der Waals surface area contributed by atoms with Gasteiger partial charge >= 0.3 is 0 Å². The zero-order chi connectivity index (χ0) is 14.4. The molecule has 104 valence electrons. The summed E-state index contributed by atoms with van der Waals surface area (Å²) < 4.78 is 0. The normalized spacial score (nSPS) is 17.1. The van der Waals surface area contributed by atoms with E-state index < -0.39 is 0 Å². The smallest absolute Gasteiger partial charge is 0.0584 e. The highest BCUT2D eigenvalue weighted by Crippen LogP contribution is 2.52. The molecule has 0 spiro atoms. The standard InChI is InChI=1S/C19H23N/c1-12(2)16-10-7-11-17-15(5)20(19(16)17)18-13(3)8-6-9-14(18)4/h6-12,15H,1-5H3. The molecule has 1 atom stereocenters. The second-order valence-corrected chi connectivity index (χ2v) is 6.23. The molecule has 1 aliphatic rings. The molecule has 2 aromatic rings. The number of aryl methyl sites for hydroxylation is 2. The molecule has 2 aromatic carbocycles. The van der Waals surface area contributed by atoms with Crippen LogP contribution in [0.25, 0.3) is 0 Å². The average molecular weight is 265 g/mol. The summed E-state index contributed by atoms with van der Waals surface area (Å²) in [6, 6.07) is 13.8. The lowest BCUT2D eigenvalue weighted by Gasteiger charge is -2.46. The van der Waals surface area contributed by atoms with Crippen LogP contribution in [-0.4, -0.2) is 0 Å². The lowest BCUT2D eigenvalue weighted by atomic mass is 9.85. The Morgan fingerprint density at radius 1 is 0.900 bits per heavy atom. The van der Waals surface area contributed by atoms with Crippen molar-refractivity contribution in [2.24, 2.45) is 0 Å². The highest BCUT2D eigenvalue weighted by Gasteiger charge is 2.35. The van der Waals surface area contributed by atoms with Gasteiger partial charge < -0.3 is 4.90 Å². The quantitative estimate of drug-likeness (QED) is 0.679. The fourth-order valence-corrected chi connectivity index (χ4v) is 3.42. The topological polar surface area (TPSA) is 3.24 Å². The van der Waals surface area contributed by atoms with Crippen LogP contribution >= 0.6 is 0 Å². The van der Waals surface area contributed by atoms with Crippen molar-refractivity contribution in [3.05, 3.63) is 58.7 Å². The van der Waals surface area contributed by atoms with E-state index in [9.17, 15) is 0 Å². The molecule has 0 N–H and O–H groups in total. The number of para-hydroxylation sites is 2. The van der Waals surface area contributed by atoms with Crippen LogP contribution in [0, 0.1) is 13.8 Å². The van der Waals surface area contributed by atoms with Gasteiger partial charge in [-0.2, -0.15) is 0 Å². The van der Waals surface area contributed by atoms with E-state index in [0.717, 1.165) is 0 Å². The van der Waals surface area contributed by atoms with Crippen molar-refractivity contribution in [3.8, 4) is 0 Å². The SMILES string of the molecule is Cc1cccc(C)c1N1c2c(C(C)C)cccc2C1C. The van der Waals surface area contributed by atoms with Crippen LogP contribution < -0.4 is 4.90 Å². The Balaban J connectivity index is 2.19. The van der Waals surface area contributed by atoms with Crippen molar-refractivity contribution in [2.75, 3.05) is 4.90 Å². The van der Waals surface area contributed by atoms with Crippen LogP contribution in [0.5, 0.6) is 0 Å². The van der Waals surface area contributed by atoms with E-state index in [1.807, 2.05) is 0 Å². The minimum atomic E-state index is 0.475. The summed E-state index contributed by atoms with van der Waals surface area (Å²) in [5, 5.41) is 0. The fraction of sp³-hybridized carbons (Fsp3) is 0.368. The lowest BCUT2D eigenvalue weighted by molar-refractivity contribution is 0.683. The Bertz CT molecular complexity index is 635. The highest BCUT2D eigenvalue weighted by molar-refractivity contribution is 5.82. The molecular formula is C19H23N. The second kappa shape index (κ2) is 4.66. The maximum Gasteiger partial charge on any atom is 0.0584 e. The largest absolute Gasteiger partial charge is 0.333 e. The number of benzene rings is 2. The minimum Gasteiger partial charge on any atom is -0.333 e. The van der Waals surface area contributed by atoms with Gasteiger partial charge in [-0.1, -0.05) is 50.2 Å². The lowest BCUT2D eigenvalue weighted by Crippen LogP contribution is -2.34. The summed E-state index contributed by atoms with van der Waals surface area (Å²) in [5.41, 5.74) is 8.50. The van der Waals surface area contributed by atoms with Gasteiger partial charge in [0.1, 0.15) is 0 Å². The first kappa shape index (κ1) is 13.2. The third-order valence-electron chi connectivity index (χ3n) is 4.48. The van der Waals surface area contributed by atoms with Crippen LogP contribution in [0.1, 0.15) is 55.0 Å². The van der Waals surface area contributed by atoms with Crippen molar-refractivity contribution in [2.45, 2.75) is 46.6 Å². The van der Waals surface area contributed by atoms with E-state index in [-0.39, 0.29) is 0 Å². The van der Waals surface area contributed by atoms with Gasteiger partial charge in [-0.05, 0) is 48.9 Å². The van der Waals surface area contributed by atoms with Crippen LogP contribution in [0.4, 0.5) is 11.4 Å². The van der Waals surface area contributed by atoms with Crippen LogP contribution in [0.15, 0.2) is 36.4 Å². The predicted octanol–water partition coefficient (Wildman–Crippen LogP) is 5.64. The van der Waals surface area contributed by atoms with Gasteiger partial charge in [0.25, 0.3) is 0 Å². The van der Waals surface area contributed by atoms with E-state index in [1.165, 1.54) is 33.6 Å². The Labute approximate surface area is 122 Å². The number of anilines is 2. The zero-order valence-corrected chi connectivity index (χ0v) is 13.1. The molecule has 0 aromatic heterocycles. The summed E-state index contributed by atoms with van der Waals surface area (Å²) in [6.07, 6.45) is 0. The molecule has 0 aliphatic carbocycles. The van der Waals surface area contributed by atoms with Crippen molar-refractivity contribution >= 4 is 11.4 Å². The highest BCUT2D eigenvalue weighted by atomic mass is 15.2. The Kier molecular flexibility index (Phi) is 3.08. The molecule has 1 heteroatoms. The van der Waals surface area contributed by atoms with Crippen molar-refractivity contribution < 1.29 is 0 Å². The van der Waals surface area contributed by atoms with E-state index in [4.69, 9.17) is 0 Å². The van der Waals surface area contributed by atoms with Crippen LogP contribution in [-0.2, 0) is 0 Å². The van der Waals surface area contributed by atoms with Crippen molar-refractivity contribution in [3.63, 3.8) is 0 Å². The molecule has 0 radical (unpaired) electrons. The van der Waals surface area contributed by atoms with Gasteiger partial charge in [-0.15, -0.1) is 0 Å². The molecule has 3 rings (SSSR count). The van der Waals surface area contributed by atoms with E-state index in [1.54, 1.807) is 0 Å². The molecule has 0 bridgehead atoms. The number of hydrogen-bond donors (Lipinski definition) is 0. The fourth-order valence-electron chi connectivity index (χ4n) is 3.42. The summed E-state index contributed by atoms with van der Waals surface area (Å²) in [5.74, 6) is 0.560. The summed E-state index contributed by atoms with van der Waals surface area (Å²) in [6.45, 7) is 11.3. The molecule has 0 saturated carbocycles. The maximum absolute atomic E-state index is 2.52. The summed E-state index contributed by atoms with van der Waals surface area (Å²) in [7, 11) is 0. The molecule has 1 heterocycles. The van der Waals surface area contributed by atoms with E-state index in [0.29, 0.717) is 12.0 Å². The van der Waals surface area contributed by atoms with E-state index >= 15 is 0 Å². The Hall–Kier alpha value is -1.76. The van der Waals surface area contributed by atoms with E-state index in [2.05, 4.69) is 75.9 Å². The Morgan fingerprint density at radius 3 is 2.10 bits per heavy atom. The molecule has 1 nitrogen and oxygen atoms in total. The third kappa shape index (κ3) is 1.76. The second-order valence-electron chi connectivity index (χ2n) is 6.23. The number of rotatable bonds is 2. The third-order valence-corrected chi connectivity index (χ3v) is 4.48. The summed E-state index contributed by atoms with van der Waals surface area (Å²) in [4.78, 5) is 2.52. The summed E-state index contributed by atoms with van der Waals surface area (Å²) >= 11 is 0. The monoisotopic (exact) mass is 265 g/mol.